The molecule has 0 bridgehead atoms. The highest BCUT2D eigenvalue weighted by Gasteiger charge is 1.85. The molecule has 0 saturated heterocycles. The molecule has 4 nitrogen and oxygen atoms in total. The Kier molecular flexibility index (Phi) is 6.56. The lowest BCUT2D eigenvalue weighted by Gasteiger charge is -1.94. The fourth-order valence-corrected chi connectivity index (χ4v) is 0.670. The zero-order chi connectivity index (χ0) is 8.53. The molecule has 4 heteroatoms. The van der Waals surface area contributed by atoms with Crippen LogP contribution in [0.15, 0.2) is 30.3 Å². The fourth-order valence-electron chi connectivity index (χ4n) is 0.670. The number of hydrogen-bond donors (Lipinski definition) is 3. The standard InChI is InChI=1S/C7H9NO.H3NO/c8-9-6-7-4-2-1-3-5-7;1-2/h1-5H,6,8H2;2H,1H2. The lowest BCUT2D eigenvalue weighted by molar-refractivity contribution is 0.124. The molecular weight excluding hydrogens is 144 g/mol. The molecule has 0 aliphatic carbocycles. The smallest absolute Gasteiger partial charge is 0.0930 e. The van der Waals surface area contributed by atoms with E-state index in [4.69, 9.17) is 11.1 Å². The Balaban J connectivity index is 0.000000461. The molecular formula is C7H12N2O2. The first-order valence-electron chi connectivity index (χ1n) is 3.05. The summed E-state index contributed by atoms with van der Waals surface area (Å²) in [5.74, 6) is 8.36. The van der Waals surface area contributed by atoms with Crippen molar-refractivity contribution in [2.24, 2.45) is 11.8 Å². The van der Waals surface area contributed by atoms with Crippen molar-refractivity contribution in [2.75, 3.05) is 0 Å². The molecule has 1 aromatic carbocycles. The molecule has 0 radical (unpaired) electrons. The van der Waals surface area contributed by atoms with Gasteiger partial charge in [0.05, 0.1) is 6.61 Å². The van der Waals surface area contributed by atoms with E-state index in [1.54, 1.807) is 0 Å². The normalized spacial score (nSPS) is 8.27. The van der Waals surface area contributed by atoms with Crippen LogP contribution in [-0.4, -0.2) is 5.21 Å². The third-order valence-electron chi connectivity index (χ3n) is 1.09. The first-order valence-corrected chi connectivity index (χ1v) is 3.05. The fraction of sp³-hybridized carbons (Fsp3) is 0.143. The van der Waals surface area contributed by atoms with E-state index in [-0.39, 0.29) is 0 Å². The quantitative estimate of drug-likeness (QED) is 0.542. The van der Waals surface area contributed by atoms with Crippen molar-refractivity contribution in [3.8, 4) is 0 Å². The molecule has 0 spiro atoms. The molecule has 0 fully saturated rings. The lowest BCUT2D eigenvalue weighted by Crippen LogP contribution is -1.97. The minimum Gasteiger partial charge on any atom is -0.320 e. The van der Waals surface area contributed by atoms with Crippen LogP contribution in [0.2, 0.25) is 0 Å². The second-order valence-corrected chi connectivity index (χ2v) is 1.80. The van der Waals surface area contributed by atoms with Gasteiger partial charge in [0.25, 0.3) is 0 Å². The second kappa shape index (κ2) is 7.17. The molecule has 1 rings (SSSR count). The molecule has 0 aliphatic rings. The molecule has 0 aliphatic heterocycles. The van der Waals surface area contributed by atoms with E-state index >= 15 is 0 Å². The van der Waals surface area contributed by atoms with Gasteiger partial charge in [0, 0.05) is 0 Å². The van der Waals surface area contributed by atoms with Crippen LogP contribution in [0.5, 0.6) is 0 Å². The molecule has 0 atom stereocenters. The Bertz CT molecular complexity index is 167. The number of benzene rings is 1. The van der Waals surface area contributed by atoms with E-state index in [0.717, 1.165) is 5.56 Å². The summed E-state index contributed by atoms with van der Waals surface area (Å²) in [4.78, 5) is 4.43. The molecule has 0 amide bonds. The van der Waals surface area contributed by atoms with Crippen LogP contribution in [0.1, 0.15) is 5.56 Å². The molecule has 11 heavy (non-hydrogen) atoms. The maximum Gasteiger partial charge on any atom is 0.0930 e. The highest BCUT2D eigenvalue weighted by molar-refractivity contribution is 5.13. The largest absolute Gasteiger partial charge is 0.320 e. The minimum atomic E-state index is 0.487. The second-order valence-electron chi connectivity index (χ2n) is 1.80. The van der Waals surface area contributed by atoms with Crippen molar-refractivity contribution in [2.45, 2.75) is 6.61 Å². The predicted octanol–water partition coefficient (Wildman–Crippen LogP) is 0.411. The Morgan fingerprint density at radius 1 is 1.18 bits per heavy atom. The third kappa shape index (κ3) is 4.46. The number of rotatable bonds is 2. The van der Waals surface area contributed by atoms with Crippen molar-refractivity contribution in [3.05, 3.63) is 35.9 Å². The van der Waals surface area contributed by atoms with E-state index < -0.39 is 0 Å². The van der Waals surface area contributed by atoms with Crippen LogP contribution >= 0.6 is 0 Å². The van der Waals surface area contributed by atoms with Gasteiger partial charge in [0.1, 0.15) is 0 Å². The summed E-state index contributed by atoms with van der Waals surface area (Å²) in [7, 11) is 0. The van der Waals surface area contributed by atoms with E-state index in [0.29, 0.717) is 6.61 Å². The summed E-state index contributed by atoms with van der Waals surface area (Å²) in [6.07, 6.45) is 0. The van der Waals surface area contributed by atoms with Gasteiger partial charge in [-0.15, -0.1) is 0 Å². The van der Waals surface area contributed by atoms with Crippen LogP contribution in [0.4, 0.5) is 0 Å². The maximum atomic E-state index is 6.50. The first-order chi connectivity index (χ1) is 5.43. The van der Waals surface area contributed by atoms with Crippen LogP contribution in [0.3, 0.4) is 0 Å². The average Bonchev–Trinajstić information content (AvgIpc) is 2.11. The highest BCUT2D eigenvalue weighted by Crippen LogP contribution is 1.97. The Hall–Kier alpha value is -0.940. The number of hydrogen-bond acceptors (Lipinski definition) is 4. The van der Waals surface area contributed by atoms with Crippen molar-refractivity contribution < 1.29 is 10.0 Å². The molecule has 0 saturated carbocycles. The minimum absolute atomic E-state index is 0.487. The maximum absolute atomic E-state index is 6.50. The van der Waals surface area contributed by atoms with Gasteiger partial charge in [-0.25, -0.2) is 11.8 Å². The molecule has 0 aromatic heterocycles. The van der Waals surface area contributed by atoms with Crippen molar-refractivity contribution in [1.29, 1.82) is 0 Å². The monoisotopic (exact) mass is 156 g/mol. The molecule has 1 aromatic rings. The lowest BCUT2D eigenvalue weighted by atomic mass is 10.2. The Labute approximate surface area is 65.3 Å². The van der Waals surface area contributed by atoms with Gasteiger partial charge in [0.15, 0.2) is 0 Å². The summed E-state index contributed by atoms with van der Waals surface area (Å²) in [5.41, 5.74) is 1.10. The van der Waals surface area contributed by atoms with Gasteiger partial charge in [-0.3, -0.25) is 4.84 Å². The van der Waals surface area contributed by atoms with Gasteiger partial charge >= 0.3 is 0 Å². The van der Waals surface area contributed by atoms with Crippen LogP contribution < -0.4 is 11.8 Å². The zero-order valence-corrected chi connectivity index (χ0v) is 6.10. The van der Waals surface area contributed by atoms with Gasteiger partial charge < -0.3 is 5.21 Å². The SMILES string of the molecule is NO.NOCc1ccccc1. The summed E-state index contributed by atoms with van der Waals surface area (Å²) < 4.78 is 0. The average molecular weight is 156 g/mol. The summed E-state index contributed by atoms with van der Waals surface area (Å²) in [5, 5.41) is 6.50. The first kappa shape index (κ1) is 10.1. The third-order valence-corrected chi connectivity index (χ3v) is 1.09. The van der Waals surface area contributed by atoms with E-state index in [1.165, 1.54) is 0 Å². The van der Waals surface area contributed by atoms with Crippen LogP contribution in [-0.2, 0) is 11.4 Å². The van der Waals surface area contributed by atoms with Gasteiger partial charge in [0.2, 0.25) is 0 Å². The summed E-state index contributed by atoms with van der Waals surface area (Å²) in [6, 6.07) is 9.79. The summed E-state index contributed by atoms with van der Waals surface area (Å²) >= 11 is 0. The van der Waals surface area contributed by atoms with Gasteiger partial charge in [-0.05, 0) is 5.56 Å². The molecule has 62 valence electrons. The molecule has 0 heterocycles. The van der Waals surface area contributed by atoms with Gasteiger partial charge in [-0.2, -0.15) is 0 Å². The zero-order valence-electron chi connectivity index (χ0n) is 6.10. The van der Waals surface area contributed by atoms with E-state index in [2.05, 4.69) is 10.7 Å². The molecule has 5 N–H and O–H groups in total. The van der Waals surface area contributed by atoms with Crippen molar-refractivity contribution >= 4 is 0 Å². The van der Waals surface area contributed by atoms with E-state index in [9.17, 15) is 0 Å². The highest BCUT2D eigenvalue weighted by atomic mass is 16.6. The van der Waals surface area contributed by atoms with Crippen molar-refractivity contribution in [1.82, 2.24) is 0 Å². The van der Waals surface area contributed by atoms with E-state index in [1.807, 2.05) is 30.3 Å². The predicted molar refractivity (Wildman–Crippen MR) is 41.4 cm³/mol. The van der Waals surface area contributed by atoms with Crippen molar-refractivity contribution in [3.63, 3.8) is 0 Å². The Morgan fingerprint density at radius 3 is 2.18 bits per heavy atom. The van der Waals surface area contributed by atoms with Crippen LogP contribution in [0.25, 0.3) is 0 Å². The topological polar surface area (TPSA) is 81.5 Å². The Morgan fingerprint density at radius 2 is 1.73 bits per heavy atom. The molecule has 0 unspecified atom stereocenters. The van der Waals surface area contributed by atoms with Crippen LogP contribution in [0, 0.1) is 0 Å². The van der Waals surface area contributed by atoms with Gasteiger partial charge in [-0.1, -0.05) is 30.3 Å². The number of nitrogens with two attached hydrogens (primary N) is 2. The summed E-state index contributed by atoms with van der Waals surface area (Å²) in [6.45, 7) is 0.487.